The van der Waals surface area contributed by atoms with Crippen LogP contribution in [0.15, 0.2) is 28.9 Å². The molecule has 0 aliphatic rings. The van der Waals surface area contributed by atoms with E-state index in [4.69, 9.17) is 0 Å². The lowest BCUT2D eigenvalue weighted by Crippen LogP contribution is -2.05. The third-order valence-electron chi connectivity index (χ3n) is 1.83. The van der Waals surface area contributed by atoms with Crippen molar-refractivity contribution >= 4 is 21.4 Å². The van der Waals surface area contributed by atoms with E-state index in [1.807, 2.05) is 29.9 Å². The van der Waals surface area contributed by atoms with Crippen LogP contribution in [0.5, 0.6) is 0 Å². The van der Waals surface area contributed by atoms with E-state index in [0.29, 0.717) is 0 Å². The highest BCUT2D eigenvalue weighted by Gasteiger charge is 1.99. The molecule has 0 bridgehead atoms. The molecule has 2 rings (SSSR count). The molecule has 2 aromatic rings. The van der Waals surface area contributed by atoms with Crippen molar-refractivity contribution in [3.8, 4) is 0 Å². The normalized spacial score (nSPS) is 10.9. The smallest absolute Gasteiger partial charge is 0.0772 e. The Bertz CT molecular complexity index is 422. The first-order valence-corrected chi connectivity index (χ1v) is 4.87. The molecule has 0 radical (unpaired) electrons. The highest BCUT2D eigenvalue weighted by molar-refractivity contribution is 9.10. The summed E-state index contributed by atoms with van der Waals surface area (Å²) in [5.74, 6) is 0. The third kappa shape index (κ3) is 1.73. The fourth-order valence-electron chi connectivity index (χ4n) is 1.29. The van der Waals surface area contributed by atoms with Gasteiger partial charge in [-0.2, -0.15) is 5.10 Å². The minimum absolute atomic E-state index is 0.805. The first-order valence-electron chi connectivity index (χ1n) is 4.08. The molecule has 0 atom stereocenters. The van der Waals surface area contributed by atoms with E-state index in [1.165, 1.54) is 0 Å². The number of nitrogens with zero attached hydrogens (tertiary/aromatic N) is 2. The molecule has 4 heteroatoms. The molecule has 2 heterocycles. The molecule has 0 saturated carbocycles. The minimum atomic E-state index is 0.805. The predicted octanol–water partition coefficient (Wildman–Crippen LogP) is 1.82. The fraction of sp³-hybridized carbons (Fsp3) is 0.222. The summed E-state index contributed by atoms with van der Waals surface area (Å²) in [5.41, 5.74) is 2.17. The summed E-state index contributed by atoms with van der Waals surface area (Å²) in [6.45, 7) is 0.805. The Hall–Kier alpha value is -0.870. The molecule has 0 aliphatic heterocycles. The van der Waals surface area contributed by atoms with Crippen molar-refractivity contribution in [2.75, 3.05) is 7.05 Å². The number of fused-ring (bicyclic) bond motifs is 1. The topological polar surface area (TPSA) is 29.3 Å². The zero-order chi connectivity index (χ0) is 9.26. The van der Waals surface area contributed by atoms with Crippen LogP contribution in [-0.4, -0.2) is 16.7 Å². The number of halogens is 1. The van der Waals surface area contributed by atoms with Crippen LogP contribution < -0.4 is 5.32 Å². The fourth-order valence-corrected chi connectivity index (χ4v) is 1.64. The summed E-state index contributed by atoms with van der Waals surface area (Å²) in [4.78, 5) is 0. The number of hydrogen-bond acceptors (Lipinski definition) is 2. The zero-order valence-electron chi connectivity index (χ0n) is 7.29. The number of nitrogens with one attached hydrogen (secondary N) is 1. The molecule has 0 amide bonds. The summed E-state index contributed by atoms with van der Waals surface area (Å²) < 4.78 is 2.95. The summed E-state index contributed by atoms with van der Waals surface area (Å²) in [6.07, 6.45) is 1.94. The summed E-state index contributed by atoms with van der Waals surface area (Å²) in [6, 6.07) is 6.09. The third-order valence-corrected chi connectivity index (χ3v) is 2.33. The van der Waals surface area contributed by atoms with Gasteiger partial charge < -0.3 is 5.32 Å². The highest BCUT2D eigenvalue weighted by atomic mass is 79.9. The molecule has 1 N–H and O–H groups in total. The van der Waals surface area contributed by atoms with E-state index >= 15 is 0 Å². The zero-order valence-corrected chi connectivity index (χ0v) is 8.87. The van der Waals surface area contributed by atoms with Crippen LogP contribution in [0, 0.1) is 0 Å². The van der Waals surface area contributed by atoms with Crippen molar-refractivity contribution in [3.05, 3.63) is 34.6 Å². The maximum atomic E-state index is 4.38. The molecule has 0 unspecified atom stereocenters. The van der Waals surface area contributed by atoms with Gasteiger partial charge in [0.1, 0.15) is 0 Å². The van der Waals surface area contributed by atoms with Crippen molar-refractivity contribution in [3.63, 3.8) is 0 Å². The van der Waals surface area contributed by atoms with Gasteiger partial charge in [0.2, 0.25) is 0 Å². The molecule has 0 fully saturated rings. The molecule has 3 nitrogen and oxygen atoms in total. The van der Waals surface area contributed by atoms with Gasteiger partial charge in [0.15, 0.2) is 0 Å². The van der Waals surface area contributed by atoms with Crippen LogP contribution in [0.25, 0.3) is 5.52 Å². The van der Waals surface area contributed by atoms with Gasteiger partial charge in [0.05, 0.1) is 11.2 Å². The van der Waals surface area contributed by atoms with Gasteiger partial charge in [0.25, 0.3) is 0 Å². The van der Waals surface area contributed by atoms with E-state index in [-0.39, 0.29) is 0 Å². The van der Waals surface area contributed by atoms with Crippen LogP contribution in [0.4, 0.5) is 0 Å². The predicted molar refractivity (Wildman–Crippen MR) is 55.7 cm³/mol. The summed E-state index contributed by atoms with van der Waals surface area (Å²) in [7, 11) is 1.92. The van der Waals surface area contributed by atoms with Gasteiger partial charge in [-0.15, -0.1) is 0 Å². The lowest BCUT2D eigenvalue weighted by atomic mass is 10.3. The largest absolute Gasteiger partial charge is 0.314 e. The van der Waals surface area contributed by atoms with E-state index in [9.17, 15) is 0 Å². The van der Waals surface area contributed by atoms with Crippen molar-refractivity contribution < 1.29 is 0 Å². The Morgan fingerprint density at radius 1 is 1.54 bits per heavy atom. The highest BCUT2D eigenvalue weighted by Crippen LogP contribution is 2.13. The quantitative estimate of drug-likeness (QED) is 0.867. The average molecular weight is 240 g/mol. The average Bonchev–Trinajstić information content (AvgIpc) is 2.46. The van der Waals surface area contributed by atoms with Gasteiger partial charge in [-0.25, -0.2) is 4.52 Å². The van der Waals surface area contributed by atoms with Gasteiger partial charge in [0, 0.05) is 17.2 Å². The molecule has 2 aromatic heterocycles. The molecule has 0 saturated heterocycles. The molecule has 0 spiro atoms. The first-order chi connectivity index (χ1) is 6.29. The lowest BCUT2D eigenvalue weighted by molar-refractivity contribution is 0.770. The monoisotopic (exact) mass is 239 g/mol. The van der Waals surface area contributed by atoms with Crippen molar-refractivity contribution in [2.45, 2.75) is 6.54 Å². The molecular weight excluding hydrogens is 230 g/mol. The van der Waals surface area contributed by atoms with Crippen LogP contribution in [0.3, 0.4) is 0 Å². The second-order valence-corrected chi connectivity index (χ2v) is 3.80. The second kappa shape index (κ2) is 3.47. The molecular formula is C9H10BrN3. The maximum Gasteiger partial charge on any atom is 0.0772 e. The van der Waals surface area contributed by atoms with Crippen LogP contribution in [-0.2, 0) is 6.54 Å². The Morgan fingerprint density at radius 2 is 2.38 bits per heavy atom. The van der Waals surface area contributed by atoms with Crippen LogP contribution >= 0.6 is 15.9 Å². The number of rotatable bonds is 2. The van der Waals surface area contributed by atoms with Crippen LogP contribution in [0.1, 0.15) is 5.69 Å². The van der Waals surface area contributed by atoms with E-state index in [1.54, 1.807) is 0 Å². The lowest BCUT2D eigenvalue weighted by Gasteiger charge is -1.92. The van der Waals surface area contributed by atoms with Crippen molar-refractivity contribution in [1.29, 1.82) is 0 Å². The van der Waals surface area contributed by atoms with E-state index in [0.717, 1.165) is 22.2 Å². The minimum Gasteiger partial charge on any atom is -0.314 e. The van der Waals surface area contributed by atoms with Crippen molar-refractivity contribution in [1.82, 2.24) is 14.9 Å². The number of hydrogen-bond donors (Lipinski definition) is 1. The van der Waals surface area contributed by atoms with Gasteiger partial charge in [-0.05, 0) is 25.2 Å². The first kappa shape index (κ1) is 8.72. The molecule has 0 aliphatic carbocycles. The van der Waals surface area contributed by atoms with E-state index in [2.05, 4.69) is 32.4 Å². The second-order valence-electron chi connectivity index (χ2n) is 2.88. The maximum absolute atomic E-state index is 4.38. The SMILES string of the molecule is CNCc1cc2cc(Br)ccn2n1. The van der Waals surface area contributed by atoms with Crippen molar-refractivity contribution in [2.24, 2.45) is 0 Å². The molecule has 0 aromatic carbocycles. The van der Waals surface area contributed by atoms with Gasteiger partial charge in [-0.1, -0.05) is 15.9 Å². The number of aromatic nitrogens is 2. The Balaban J connectivity index is 2.49. The Kier molecular flexibility index (Phi) is 2.33. The van der Waals surface area contributed by atoms with Gasteiger partial charge in [-0.3, -0.25) is 0 Å². The summed E-state index contributed by atoms with van der Waals surface area (Å²) in [5, 5.41) is 7.45. The molecule has 68 valence electrons. The Labute approximate surface area is 84.9 Å². The van der Waals surface area contributed by atoms with E-state index < -0.39 is 0 Å². The standard InChI is InChI=1S/C9H10BrN3/c1-11-6-8-5-9-4-7(10)2-3-13(9)12-8/h2-5,11H,6H2,1H3. The Morgan fingerprint density at radius 3 is 3.15 bits per heavy atom. The van der Waals surface area contributed by atoms with Crippen LogP contribution in [0.2, 0.25) is 0 Å². The molecule has 13 heavy (non-hydrogen) atoms. The number of pyridine rings is 1. The van der Waals surface area contributed by atoms with Gasteiger partial charge >= 0.3 is 0 Å². The summed E-state index contributed by atoms with van der Waals surface area (Å²) >= 11 is 3.42.